The van der Waals surface area contributed by atoms with Crippen molar-refractivity contribution in [1.29, 1.82) is 0 Å². The van der Waals surface area contributed by atoms with E-state index in [4.69, 9.17) is 9.47 Å². The van der Waals surface area contributed by atoms with Crippen molar-refractivity contribution in [3.8, 4) is 11.5 Å². The molecule has 0 aliphatic heterocycles. The first kappa shape index (κ1) is 14.2. The number of unbranched alkanes of at least 4 members (excludes halogenated alkanes) is 1. The molecule has 0 radical (unpaired) electrons. The van der Waals surface area contributed by atoms with Gasteiger partial charge in [-0.1, -0.05) is 19.4 Å². The van der Waals surface area contributed by atoms with Gasteiger partial charge >= 0.3 is 0 Å². The molecular formula is C16H25NO2. The van der Waals surface area contributed by atoms with Crippen LogP contribution in [0, 0.1) is 0 Å². The Kier molecular flexibility index (Phi) is 5.08. The van der Waals surface area contributed by atoms with Crippen molar-refractivity contribution >= 4 is 0 Å². The summed E-state index contributed by atoms with van der Waals surface area (Å²) in [5.41, 5.74) is 1.37. The molecule has 0 spiro atoms. The number of nitrogens with one attached hydrogen (secondary N) is 1. The minimum absolute atomic E-state index is 0.663. The summed E-state index contributed by atoms with van der Waals surface area (Å²) in [7, 11) is 3.75. The molecule has 0 atom stereocenters. The molecule has 1 N–H and O–H groups in total. The van der Waals surface area contributed by atoms with Gasteiger partial charge < -0.3 is 14.8 Å². The molecule has 19 heavy (non-hydrogen) atoms. The van der Waals surface area contributed by atoms with Crippen LogP contribution in [-0.2, 0) is 0 Å². The van der Waals surface area contributed by atoms with Crippen molar-refractivity contribution in [3.63, 3.8) is 0 Å². The Hall–Kier alpha value is -1.22. The molecule has 1 aromatic carbocycles. The van der Waals surface area contributed by atoms with Gasteiger partial charge in [0, 0.05) is 6.04 Å². The van der Waals surface area contributed by atoms with Gasteiger partial charge in [0.15, 0.2) is 11.5 Å². The standard InChI is InChI=1S/C16H25NO2/c1-4-5-8-19-15-7-6-12(11-16(15)18-3)13-9-14(10-13)17-2/h6-7,11,13-14,17H,4-5,8-10H2,1-3H3. The minimum Gasteiger partial charge on any atom is -0.493 e. The van der Waals surface area contributed by atoms with Gasteiger partial charge in [0.05, 0.1) is 13.7 Å². The van der Waals surface area contributed by atoms with E-state index in [2.05, 4.69) is 30.4 Å². The number of hydrogen-bond donors (Lipinski definition) is 1. The van der Waals surface area contributed by atoms with Crippen LogP contribution in [0.3, 0.4) is 0 Å². The molecule has 106 valence electrons. The average molecular weight is 263 g/mol. The van der Waals surface area contributed by atoms with Gasteiger partial charge in [-0.3, -0.25) is 0 Å². The van der Waals surface area contributed by atoms with Crippen molar-refractivity contribution in [2.45, 2.75) is 44.6 Å². The van der Waals surface area contributed by atoms with Crippen molar-refractivity contribution in [2.24, 2.45) is 0 Å². The maximum absolute atomic E-state index is 5.76. The fourth-order valence-electron chi connectivity index (χ4n) is 2.51. The Balaban J connectivity index is 2.00. The Morgan fingerprint density at radius 3 is 2.68 bits per heavy atom. The Morgan fingerprint density at radius 2 is 2.05 bits per heavy atom. The molecule has 0 heterocycles. The van der Waals surface area contributed by atoms with Crippen molar-refractivity contribution in [3.05, 3.63) is 23.8 Å². The quantitative estimate of drug-likeness (QED) is 0.765. The third-order valence-electron chi connectivity index (χ3n) is 3.96. The summed E-state index contributed by atoms with van der Waals surface area (Å²) in [6.07, 6.45) is 4.66. The van der Waals surface area contributed by atoms with E-state index in [0.29, 0.717) is 12.0 Å². The molecular weight excluding hydrogens is 238 g/mol. The zero-order valence-corrected chi connectivity index (χ0v) is 12.2. The third-order valence-corrected chi connectivity index (χ3v) is 3.96. The van der Waals surface area contributed by atoms with Gasteiger partial charge in [0.1, 0.15) is 0 Å². The number of methoxy groups -OCH3 is 1. The smallest absolute Gasteiger partial charge is 0.161 e. The first-order valence-corrected chi connectivity index (χ1v) is 7.26. The van der Waals surface area contributed by atoms with Gasteiger partial charge in [-0.25, -0.2) is 0 Å². The number of hydrogen-bond acceptors (Lipinski definition) is 3. The van der Waals surface area contributed by atoms with E-state index < -0.39 is 0 Å². The Morgan fingerprint density at radius 1 is 1.26 bits per heavy atom. The predicted molar refractivity (Wildman–Crippen MR) is 78.2 cm³/mol. The second-order valence-corrected chi connectivity index (χ2v) is 5.27. The SMILES string of the molecule is CCCCOc1ccc(C2CC(NC)C2)cc1OC. The third kappa shape index (κ3) is 3.41. The summed E-state index contributed by atoms with van der Waals surface area (Å²) in [6, 6.07) is 7.05. The molecule has 2 rings (SSSR count). The molecule has 1 aliphatic rings. The molecule has 0 unspecified atom stereocenters. The van der Waals surface area contributed by atoms with Crippen LogP contribution in [0.5, 0.6) is 11.5 Å². The molecule has 1 aromatic rings. The molecule has 1 aliphatic carbocycles. The molecule has 0 bridgehead atoms. The van der Waals surface area contributed by atoms with Gasteiger partial charge in [-0.2, -0.15) is 0 Å². The van der Waals surface area contributed by atoms with Crippen LogP contribution in [-0.4, -0.2) is 26.8 Å². The maximum atomic E-state index is 5.76. The lowest BCUT2D eigenvalue weighted by Gasteiger charge is -2.35. The summed E-state index contributed by atoms with van der Waals surface area (Å²) in [5.74, 6) is 2.39. The Bertz CT molecular complexity index is 400. The highest BCUT2D eigenvalue weighted by Crippen LogP contribution is 2.40. The van der Waals surface area contributed by atoms with E-state index in [-0.39, 0.29) is 0 Å². The summed E-state index contributed by atoms with van der Waals surface area (Å²) >= 11 is 0. The zero-order valence-electron chi connectivity index (χ0n) is 12.2. The van der Waals surface area contributed by atoms with Crippen LogP contribution in [0.25, 0.3) is 0 Å². The second kappa shape index (κ2) is 6.80. The van der Waals surface area contributed by atoms with E-state index in [1.807, 2.05) is 7.05 Å². The van der Waals surface area contributed by atoms with Crippen LogP contribution in [0.15, 0.2) is 18.2 Å². The molecule has 3 nitrogen and oxygen atoms in total. The fraction of sp³-hybridized carbons (Fsp3) is 0.625. The second-order valence-electron chi connectivity index (χ2n) is 5.27. The van der Waals surface area contributed by atoms with Crippen LogP contribution in [0.1, 0.15) is 44.1 Å². The molecule has 0 amide bonds. The highest BCUT2D eigenvalue weighted by atomic mass is 16.5. The number of benzene rings is 1. The van der Waals surface area contributed by atoms with Gasteiger partial charge in [-0.05, 0) is 49.9 Å². The monoisotopic (exact) mass is 263 g/mol. The van der Waals surface area contributed by atoms with Gasteiger partial charge in [0.2, 0.25) is 0 Å². The summed E-state index contributed by atoms with van der Waals surface area (Å²) < 4.78 is 11.2. The molecule has 3 heteroatoms. The molecule has 0 aromatic heterocycles. The van der Waals surface area contributed by atoms with Crippen LogP contribution in [0.4, 0.5) is 0 Å². The lowest BCUT2D eigenvalue weighted by Crippen LogP contribution is -2.37. The predicted octanol–water partition coefficient (Wildman–Crippen LogP) is 3.34. The lowest BCUT2D eigenvalue weighted by molar-refractivity contribution is 0.285. The van der Waals surface area contributed by atoms with Gasteiger partial charge in [-0.15, -0.1) is 0 Å². The van der Waals surface area contributed by atoms with E-state index in [1.54, 1.807) is 7.11 Å². The normalized spacial score (nSPS) is 21.8. The van der Waals surface area contributed by atoms with Crippen molar-refractivity contribution in [1.82, 2.24) is 5.32 Å². The summed E-state index contributed by atoms with van der Waals surface area (Å²) in [5, 5.41) is 3.32. The number of rotatable bonds is 7. The van der Waals surface area contributed by atoms with Crippen LogP contribution < -0.4 is 14.8 Å². The van der Waals surface area contributed by atoms with Crippen molar-refractivity contribution in [2.75, 3.05) is 20.8 Å². The van der Waals surface area contributed by atoms with Crippen LogP contribution >= 0.6 is 0 Å². The van der Waals surface area contributed by atoms with Crippen LogP contribution in [0.2, 0.25) is 0 Å². The topological polar surface area (TPSA) is 30.5 Å². The molecule has 0 saturated heterocycles. The minimum atomic E-state index is 0.663. The Labute approximate surface area is 116 Å². The average Bonchev–Trinajstić information content (AvgIpc) is 2.39. The summed E-state index contributed by atoms with van der Waals surface area (Å²) in [6.45, 7) is 2.93. The first-order valence-electron chi connectivity index (χ1n) is 7.26. The largest absolute Gasteiger partial charge is 0.493 e. The number of ether oxygens (including phenoxy) is 2. The summed E-state index contributed by atoms with van der Waals surface area (Å²) in [4.78, 5) is 0. The van der Waals surface area contributed by atoms with Gasteiger partial charge in [0.25, 0.3) is 0 Å². The highest BCUT2D eigenvalue weighted by Gasteiger charge is 2.29. The fourth-order valence-corrected chi connectivity index (χ4v) is 2.51. The van der Waals surface area contributed by atoms with E-state index >= 15 is 0 Å². The van der Waals surface area contributed by atoms with Crippen molar-refractivity contribution < 1.29 is 9.47 Å². The van der Waals surface area contributed by atoms with E-state index in [9.17, 15) is 0 Å². The zero-order chi connectivity index (χ0) is 13.7. The molecule has 1 fully saturated rings. The molecule has 1 saturated carbocycles. The highest BCUT2D eigenvalue weighted by molar-refractivity contribution is 5.44. The van der Waals surface area contributed by atoms with E-state index in [1.165, 1.54) is 18.4 Å². The first-order chi connectivity index (χ1) is 9.28. The van der Waals surface area contributed by atoms with E-state index in [0.717, 1.165) is 30.9 Å². The lowest BCUT2D eigenvalue weighted by atomic mass is 9.76. The maximum Gasteiger partial charge on any atom is 0.161 e.